The predicted octanol–water partition coefficient (Wildman–Crippen LogP) is 2.60. The van der Waals surface area contributed by atoms with Crippen molar-refractivity contribution in [3.63, 3.8) is 0 Å². The van der Waals surface area contributed by atoms with Crippen molar-refractivity contribution in [2.45, 2.75) is 32.8 Å². The summed E-state index contributed by atoms with van der Waals surface area (Å²) in [7, 11) is 0. The van der Waals surface area contributed by atoms with Crippen molar-refractivity contribution in [1.29, 1.82) is 0 Å². The zero-order chi connectivity index (χ0) is 15.2. The van der Waals surface area contributed by atoms with E-state index in [4.69, 9.17) is 9.47 Å². The number of para-hydroxylation sites is 1. The molecule has 0 radical (unpaired) electrons. The Kier molecular flexibility index (Phi) is 4.98. The van der Waals surface area contributed by atoms with Gasteiger partial charge in [0.25, 0.3) is 0 Å². The number of carbonyl (C=O) groups excluding carboxylic acids is 2. The lowest BCUT2D eigenvalue weighted by Crippen LogP contribution is -2.19. The van der Waals surface area contributed by atoms with E-state index in [0.29, 0.717) is 6.42 Å². The van der Waals surface area contributed by atoms with Crippen molar-refractivity contribution in [2.24, 2.45) is 0 Å². The quantitative estimate of drug-likeness (QED) is 0.830. The minimum Gasteiger partial charge on any atom is -0.460 e. The number of hydrogen-bond acceptors (Lipinski definition) is 4. The van der Waals surface area contributed by atoms with Gasteiger partial charge in [-0.1, -0.05) is 18.2 Å². The summed E-state index contributed by atoms with van der Waals surface area (Å²) in [5.41, 5.74) is 2.11. The van der Waals surface area contributed by atoms with E-state index >= 15 is 0 Å². The Labute approximate surface area is 123 Å². The van der Waals surface area contributed by atoms with Crippen LogP contribution < -0.4 is 0 Å². The standard InChI is InChI=1S/C16H19NO4/c1-11(2)21-16(19)10-20-15(18)8-7-12-9-17-14-6-4-3-5-13(12)14/h3-6,9,11,17H,7-8,10H2,1-2H3. The van der Waals surface area contributed by atoms with Crippen LogP contribution in [0.15, 0.2) is 30.5 Å². The summed E-state index contributed by atoms with van der Waals surface area (Å²) >= 11 is 0. The van der Waals surface area contributed by atoms with E-state index in [2.05, 4.69) is 4.98 Å². The molecule has 21 heavy (non-hydrogen) atoms. The Bertz CT molecular complexity index is 630. The van der Waals surface area contributed by atoms with Gasteiger partial charge >= 0.3 is 11.9 Å². The maximum Gasteiger partial charge on any atom is 0.344 e. The Balaban J connectivity index is 1.80. The van der Waals surface area contributed by atoms with E-state index < -0.39 is 11.9 Å². The number of fused-ring (bicyclic) bond motifs is 1. The molecular weight excluding hydrogens is 270 g/mol. The molecule has 1 aromatic carbocycles. The smallest absolute Gasteiger partial charge is 0.344 e. The van der Waals surface area contributed by atoms with Crippen molar-refractivity contribution in [3.05, 3.63) is 36.0 Å². The number of carbonyl (C=O) groups is 2. The molecule has 112 valence electrons. The Morgan fingerprint density at radius 3 is 2.71 bits per heavy atom. The summed E-state index contributed by atoms with van der Waals surface area (Å²) in [6, 6.07) is 7.91. The lowest BCUT2D eigenvalue weighted by molar-refractivity contribution is -0.161. The van der Waals surface area contributed by atoms with Gasteiger partial charge in [0.15, 0.2) is 6.61 Å². The van der Waals surface area contributed by atoms with Crippen LogP contribution in [0, 0.1) is 0 Å². The number of benzene rings is 1. The maximum absolute atomic E-state index is 11.6. The average Bonchev–Trinajstić information content (AvgIpc) is 2.85. The molecule has 1 heterocycles. The monoisotopic (exact) mass is 289 g/mol. The number of aromatic amines is 1. The van der Waals surface area contributed by atoms with E-state index in [1.807, 2.05) is 30.5 Å². The zero-order valence-electron chi connectivity index (χ0n) is 12.2. The van der Waals surface area contributed by atoms with E-state index in [9.17, 15) is 9.59 Å². The molecule has 5 heteroatoms. The van der Waals surface area contributed by atoms with Crippen molar-refractivity contribution in [3.8, 4) is 0 Å². The number of nitrogens with one attached hydrogen (secondary N) is 1. The van der Waals surface area contributed by atoms with Gasteiger partial charge in [0.05, 0.1) is 6.10 Å². The van der Waals surface area contributed by atoms with Crippen molar-refractivity contribution >= 4 is 22.8 Å². The topological polar surface area (TPSA) is 68.4 Å². The molecule has 1 N–H and O–H groups in total. The first-order valence-electron chi connectivity index (χ1n) is 6.96. The normalized spacial score (nSPS) is 10.8. The van der Waals surface area contributed by atoms with E-state index in [1.54, 1.807) is 13.8 Å². The van der Waals surface area contributed by atoms with Crippen LogP contribution in [0.25, 0.3) is 10.9 Å². The molecule has 0 aliphatic carbocycles. The number of aromatic nitrogens is 1. The summed E-state index contributed by atoms with van der Waals surface area (Å²) < 4.78 is 9.78. The maximum atomic E-state index is 11.6. The summed E-state index contributed by atoms with van der Waals surface area (Å²) in [4.78, 5) is 26.0. The number of ether oxygens (including phenoxy) is 2. The summed E-state index contributed by atoms with van der Waals surface area (Å²) in [5, 5.41) is 1.10. The predicted molar refractivity (Wildman–Crippen MR) is 78.8 cm³/mol. The number of H-pyrrole nitrogens is 1. The fraction of sp³-hybridized carbons (Fsp3) is 0.375. The van der Waals surface area contributed by atoms with Gasteiger partial charge in [-0.2, -0.15) is 0 Å². The molecule has 2 rings (SSSR count). The van der Waals surface area contributed by atoms with Gasteiger partial charge in [-0.15, -0.1) is 0 Å². The molecule has 2 aromatic rings. The average molecular weight is 289 g/mol. The van der Waals surface area contributed by atoms with Crippen LogP contribution in [0.5, 0.6) is 0 Å². The van der Waals surface area contributed by atoms with Gasteiger partial charge in [0.1, 0.15) is 0 Å². The fourth-order valence-electron chi connectivity index (χ4n) is 2.08. The van der Waals surface area contributed by atoms with E-state index in [1.165, 1.54) is 0 Å². The first kappa shape index (κ1) is 15.1. The molecule has 0 bridgehead atoms. The molecular formula is C16H19NO4. The Morgan fingerprint density at radius 1 is 1.19 bits per heavy atom. The molecule has 0 saturated carbocycles. The summed E-state index contributed by atoms with van der Waals surface area (Å²) in [5.74, 6) is -0.925. The molecule has 5 nitrogen and oxygen atoms in total. The molecule has 0 atom stereocenters. The van der Waals surface area contributed by atoms with E-state index in [0.717, 1.165) is 16.5 Å². The summed E-state index contributed by atoms with van der Waals surface area (Å²) in [6.45, 7) is 3.17. The minimum atomic E-state index is -0.523. The molecule has 0 spiro atoms. The molecule has 0 amide bonds. The molecule has 0 fully saturated rings. The van der Waals surface area contributed by atoms with Gasteiger partial charge in [-0.05, 0) is 31.9 Å². The van der Waals surface area contributed by atoms with Crippen LogP contribution >= 0.6 is 0 Å². The Morgan fingerprint density at radius 2 is 1.95 bits per heavy atom. The largest absolute Gasteiger partial charge is 0.460 e. The van der Waals surface area contributed by atoms with Crippen LogP contribution in [0.4, 0.5) is 0 Å². The third kappa shape index (κ3) is 4.34. The van der Waals surface area contributed by atoms with Gasteiger partial charge in [-0.3, -0.25) is 4.79 Å². The van der Waals surface area contributed by atoms with Gasteiger partial charge < -0.3 is 14.5 Å². The SMILES string of the molecule is CC(C)OC(=O)COC(=O)CCc1c[nH]c2ccccc12. The number of aryl methyl sites for hydroxylation is 1. The zero-order valence-corrected chi connectivity index (χ0v) is 12.2. The third-order valence-electron chi connectivity index (χ3n) is 2.99. The highest BCUT2D eigenvalue weighted by molar-refractivity contribution is 5.83. The second-order valence-electron chi connectivity index (χ2n) is 5.06. The number of hydrogen-bond donors (Lipinski definition) is 1. The molecule has 0 unspecified atom stereocenters. The number of rotatable bonds is 6. The lowest BCUT2D eigenvalue weighted by atomic mass is 10.1. The second kappa shape index (κ2) is 6.92. The summed E-state index contributed by atoms with van der Waals surface area (Å²) in [6.07, 6.45) is 2.49. The van der Waals surface area contributed by atoms with Crippen LogP contribution in [0.3, 0.4) is 0 Å². The van der Waals surface area contributed by atoms with Crippen LogP contribution in [-0.2, 0) is 25.5 Å². The van der Waals surface area contributed by atoms with Gasteiger partial charge in [0.2, 0.25) is 0 Å². The lowest BCUT2D eigenvalue weighted by Gasteiger charge is -2.08. The highest BCUT2D eigenvalue weighted by atomic mass is 16.6. The first-order valence-corrected chi connectivity index (χ1v) is 6.96. The van der Waals surface area contributed by atoms with Gasteiger partial charge in [0, 0.05) is 23.5 Å². The number of esters is 2. The van der Waals surface area contributed by atoms with Crippen molar-refractivity contribution in [1.82, 2.24) is 4.98 Å². The van der Waals surface area contributed by atoms with Gasteiger partial charge in [-0.25, -0.2) is 4.79 Å². The highest BCUT2D eigenvalue weighted by Gasteiger charge is 2.11. The molecule has 1 aromatic heterocycles. The third-order valence-corrected chi connectivity index (χ3v) is 2.99. The fourth-order valence-corrected chi connectivity index (χ4v) is 2.08. The highest BCUT2D eigenvalue weighted by Crippen LogP contribution is 2.19. The Hall–Kier alpha value is -2.30. The first-order chi connectivity index (χ1) is 10.1. The van der Waals surface area contributed by atoms with Crippen molar-refractivity contribution in [2.75, 3.05) is 6.61 Å². The second-order valence-corrected chi connectivity index (χ2v) is 5.06. The molecule has 0 saturated heterocycles. The minimum absolute atomic E-state index is 0.206. The van der Waals surface area contributed by atoms with Crippen LogP contribution in [0.1, 0.15) is 25.8 Å². The van der Waals surface area contributed by atoms with Crippen LogP contribution in [-0.4, -0.2) is 29.6 Å². The molecule has 0 aliphatic heterocycles. The van der Waals surface area contributed by atoms with Crippen molar-refractivity contribution < 1.29 is 19.1 Å². The van der Waals surface area contributed by atoms with E-state index in [-0.39, 0.29) is 19.1 Å². The van der Waals surface area contributed by atoms with Crippen LogP contribution in [0.2, 0.25) is 0 Å². The molecule has 0 aliphatic rings.